The van der Waals surface area contributed by atoms with E-state index in [9.17, 15) is 22.8 Å². The number of rotatable bonds is 4. The predicted octanol–water partition coefficient (Wildman–Crippen LogP) is 4.13. The van der Waals surface area contributed by atoms with Gasteiger partial charge in [0.05, 0.1) is 4.88 Å². The number of carbonyl (C=O) groups excluding carboxylic acids is 2. The summed E-state index contributed by atoms with van der Waals surface area (Å²) in [4.78, 5) is 27.7. The van der Waals surface area contributed by atoms with Crippen molar-refractivity contribution < 1.29 is 22.8 Å². The van der Waals surface area contributed by atoms with E-state index in [1.165, 1.54) is 23.5 Å². The molecule has 0 unspecified atom stereocenters. The lowest BCUT2D eigenvalue weighted by Crippen LogP contribution is -2.62. The molecule has 3 saturated heterocycles. The standard InChI is InChI=1S/C21H22F3N3O2S/c1-12-18(13-7-9-27(12)10-8-13)26-19(28)17-6-5-16(30-17)14-3-2-4-15(11-14)25-20(29)21(22,23)24/h2-6,11-13,18H,7-10H2,1H3,(H,25,29)(H,26,28)/t12-,18+/m1/s1. The fraction of sp³-hybridized carbons (Fsp3) is 0.429. The van der Waals surface area contributed by atoms with Crippen LogP contribution in [0, 0.1) is 5.92 Å². The Morgan fingerprint density at radius 1 is 1.13 bits per heavy atom. The van der Waals surface area contributed by atoms with Crippen LogP contribution in [-0.2, 0) is 4.79 Å². The first-order valence-corrected chi connectivity index (χ1v) is 10.7. The van der Waals surface area contributed by atoms with Crippen molar-refractivity contribution in [1.29, 1.82) is 0 Å². The number of carbonyl (C=O) groups is 2. The average molecular weight is 437 g/mol. The molecule has 5 nitrogen and oxygen atoms in total. The van der Waals surface area contributed by atoms with Crippen LogP contribution in [0.2, 0.25) is 0 Å². The maximum Gasteiger partial charge on any atom is 0.471 e. The minimum atomic E-state index is -4.95. The molecule has 0 radical (unpaired) electrons. The van der Waals surface area contributed by atoms with Crippen LogP contribution in [0.5, 0.6) is 0 Å². The molecular formula is C21H22F3N3O2S. The van der Waals surface area contributed by atoms with E-state index in [1.807, 2.05) is 5.32 Å². The Balaban J connectivity index is 1.46. The predicted molar refractivity (Wildman–Crippen MR) is 109 cm³/mol. The SMILES string of the molecule is C[C@@H]1[C@H](NC(=O)c2ccc(-c3cccc(NC(=O)C(F)(F)F)c3)s2)C2CCN1CC2. The number of alkyl halides is 3. The Bertz CT molecular complexity index is 949. The van der Waals surface area contributed by atoms with Gasteiger partial charge in [-0.3, -0.25) is 14.5 Å². The van der Waals surface area contributed by atoms with E-state index in [0.29, 0.717) is 22.4 Å². The highest BCUT2D eigenvalue weighted by Gasteiger charge is 2.41. The van der Waals surface area contributed by atoms with Gasteiger partial charge in [-0.15, -0.1) is 11.3 Å². The average Bonchev–Trinajstić information content (AvgIpc) is 3.21. The quantitative estimate of drug-likeness (QED) is 0.756. The summed E-state index contributed by atoms with van der Waals surface area (Å²) < 4.78 is 37.4. The molecule has 0 aliphatic carbocycles. The molecule has 3 fully saturated rings. The maximum absolute atomic E-state index is 12.8. The highest BCUT2D eigenvalue weighted by Crippen LogP contribution is 2.34. The van der Waals surface area contributed by atoms with Gasteiger partial charge < -0.3 is 10.6 Å². The van der Waals surface area contributed by atoms with Crippen molar-refractivity contribution in [3.63, 3.8) is 0 Å². The second-order valence-electron chi connectivity index (χ2n) is 7.81. The van der Waals surface area contributed by atoms with Gasteiger partial charge in [0.15, 0.2) is 0 Å². The number of hydrogen-bond acceptors (Lipinski definition) is 4. The molecule has 160 valence electrons. The van der Waals surface area contributed by atoms with Crippen molar-refractivity contribution in [2.45, 2.75) is 38.0 Å². The topological polar surface area (TPSA) is 61.4 Å². The molecule has 2 N–H and O–H groups in total. The zero-order valence-corrected chi connectivity index (χ0v) is 17.1. The molecule has 1 aromatic heterocycles. The molecule has 2 amide bonds. The zero-order valence-electron chi connectivity index (χ0n) is 16.3. The molecule has 1 aromatic carbocycles. The molecule has 5 rings (SSSR count). The van der Waals surface area contributed by atoms with Crippen molar-refractivity contribution in [2.75, 3.05) is 18.4 Å². The fourth-order valence-electron chi connectivity index (χ4n) is 4.34. The minimum absolute atomic E-state index is 0.0512. The molecule has 9 heteroatoms. The van der Waals surface area contributed by atoms with Crippen molar-refractivity contribution in [3.05, 3.63) is 41.3 Å². The van der Waals surface area contributed by atoms with Crippen LogP contribution < -0.4 is 10.6 Å². The number of fused-ring (bicyclic) bond motifs is 3. The lowest BCUT2D eigenvalue weighted by Gasteiger charge is -2.49. The van der Waals surface area contributed by atoms with Crippen LogP contribution in [0.3, 0.4) is 0 Å². The molecule has 0 spiro atoms. The van der Waals surface area contributed by atoms with Crippen LogP contribution in [0.15, 0.2) is 36.4 Å². The number of amides is 2. The molecule has 2 bridgehead atoms. The summed E-state index contributed by atoms with van der Waals surface area (Å²) in [6.45, 7) is 4.32. The molecule has 30 heavy (non-hydrogen) atoms. The second kappa shape index (κ2) is 8.03. The van der Waals surface area contributed by atoms with Gasteiger partial charge in [0.25, 0.3) is 5.91 Å². The first-order chi connectivity index (χ1) is 14.2. The van der Waals surface area contributed by atoms with E-state index in [0.717, 1.165) is 30.8 Å². The zero-order chi connectivity index (χ0) is 21.5. The monoisotopic (exact) mass is 437 g/mol. The lowest BCUT2D eigenvalue weighted by atomic mass is 9.79. The van der Waals surface area contributed by atoms with Gasteiger partial charge in [0.1, 0.15) is 0 Å². The van der Waals surface area contributed by atoms with Crippen LogP contribution in [0.4, 0.5) is 18.9 Å². The van der Waals surface area contributed by atoms with E-state index < -0.39 is 12.1 Å². The van der Waals surface area contributed by atoms with Gasteiger partial charge in [0, 0.05) is 22.6 Å². The number of thiophene rings is 1. The number of hydrogen-bond donors (Lipinski definition) is 2. The van der Waals surface area contributed by atoms with Crippen molar-refractivity contribution in [2.24, 2.45) is 5.92 Å². The molecule has 3 aliphatic heterocycles. The number of nitrogens with one attached hydrogen (secondary N) is 2. The van der Waals surface area contributed by atoms with E-state index >= 15 is 0 Å². The van der Waals surface area contributed by atoms with Gasteiger partial charge >= 0.3 is 12.1 Å². The Hall–Kier alpha value is -2.39. The number of halogens is 3. The van der Waals surface area contributed by atoms with Crippen LogP contribution in [0.25, 0.3) is 10.4 Å². The lowest BCUT2D eigenvalue weighted by molar-refractivity contribution is -0.167. The molecular weight excluding hydrogens is 415 g/mol. The van der Waals surface area contributed by atoms with Crippen LogP contribution in [0.1, 0.15) is 29.4 Å². The number of nitrogens with zero attached hydrogens (tertiary/aromatic N) is 1. The fourth-order valence-corrected chi connectivity index (χ4v) is 5.24. The minimum Gasteiger partial charge on any atom is -0.347 e. The smallest absolute Gasteiger partial charge is 0.347 e. The van der Waals surface area contributed by atoms with E-state index in [2.05, 4.69) is 17.1 Å². The summed E-state index contributed by atoms with van der Waals surface area (Å²) in [5.74, 6) is -1.64. The van der Waals surface area contributed by atoms with E-state index in [-0.39, 0.29) is 17.6 Å². The molecule has 2 atom stereocenters. The summed E-state index contributed by atoms with van der Waals surface area (Å²) in [6, 6.07) is 10.1. The van der Waals surface area contributed by atoms with Crippen molar-refractivity contribution in [1.82, 2.24) is 10.2 Å². The highest BCUT2D eigenvalue weighted by atomic mass is 32.1. The van der Waals surface area contributed by atoms with Gasteiger partial charge in [-0.25, -0.2) is 0 Å². The third kappa shape index (κ3) is 4.22. The Morgan fingerprint density at radius 2 is 1.87 bits per heavy atom. The molecule has 2 aromatic rings. The molecule has 0 saturated carbocycles. The normalized spacial score (nSPS) is 25.7. The van der Waals surface area contributed by atoms with Gasteiger partial charge in [0.2, 0.25) is 0 Å². The summed E-state index contributed by atoms with van der Waals surface area (Å²) >= 11 is 1.28. The van der Waals surface area contributed by atoms with Gasteiger partial charge in [-0.2, -0.15) is 13.2 Å². The molecule has 3 aliphatic rings. The first-order valence-electron chi connectivity index (χ1n) is 9.86. The largest absolute Gasteiger partial charge is 0.471 e. The summed E-state index contributed by atoms with van der Waals surface area (Å²) in [6.07, 6.45) is -2.75. The third-order valence-corrected chi connectivity index (χ3v) is 7.10. The van der Waals surface area contributed by atoms with Crippen LogP contribution >= 0.6 is 11.3 Å². The molecule has 4 heterocycles. The van der Waals surface area contributed by atoms with Crippen molar-refractivity contribution in [3.8, 4) is 10.4 Å². The first kappa shape index (κ1) is 20.9. The maximum atomic E-state index is 12.8. The van der Waals surface area contributed by atoms with Crippen LogP contribution in [-0.4, -0.2) is 48.1 Å². The third-order valence-electron chi connectivity index (χ3n) is 5.97. The number of benzene rings is 1. The summed E-state index contributed by atoms with van der Waals surface area (Å²) in [5.41, 5.74) is 0.686. The Labute approximate surface area is 176 Å². The summed E-state index contributed by atoms with van der Waals surface area (Å²) in [5, 5.41) is 5.04. The second-order valence-corrected chi connectivity index (χ2v) is 8.89. The number of piperidine rings is 3. The van der Waals surface area contributed by atoms with E-state index in [4.69, 9.17) is 0 Å². The number of anilines is 1. The summed E-state index contributed by atoms with van der Waals surface area (Å²) in [7, 11) is 0. The Kier molecular flexibility index (Phi) is 5.59. The van der Waals surface area contributed by atoms with E-state index in [1.54, 1.807) is 24.3 Å². The Morgan fingerprint density at radius 3 is 2.53 bits per heavy atom. The highest BCUT2D eigenvalue weighted by molar-refractivity contribution is 7.17. The van der Waals surface area contributed by atoms with Gasteiger partial charge in [-0.05, 0) is 68.6 Å². The van der Waals surface area contributed by atoms with Gasteiger partial charge in [-0.1, -0.05) is 12.1 Å². The van der Waals surface area contributed by atoms with Crippen molar-refractivity contribution >= 4 is 28.8 Å².